The molecule has 1 aromatic rings. The fraction of sp³-hybridized carbons (Fsp3) is 0.735. The summed E-state index contributed by atoms with van der Waals surface area (Å²) in [4.78, 5) is 50.4. The molecule has 6 rings (SSSR count). The van der Waals surface area contributed by atoms with Crippen molar-refractivity contribution in [2.45, 2.75) is 95.8 Å². The molecule has 5 N–H and O–H groups in total. The number of ether oxygens (including phenoxy) is 1. The summed E-state index contributed by atoms with van der Waals surface area (Å²) >= 11 is 0. The first-order chi connectivity index (χ1) is 21.4. The molecule has 2 heterocycles. The van der Waals surface area contributed by atoms with E-state index >= 15 is 0 Å². The molecule has 5 fully saturated rings. The quantitative estimate of drug-likeness (QED) is 0.226. The van der Waals surface area contributed by atoms with Crippen molar-refractivity contribution in [3.05, 3.63) is 35.6 Å². The van der Waals surface area contributed by atoms with E-state index in [2.05, 4.69) is 16.0 Å². The highest BCUT2D eigenvalue weighted by Crippen LogP contribution is 2.54. The molecule has 4 atom stereocenters. The molecule has 4 unspecified atom stereocenters. The number of fused-ring (bicyclic) bond motifs is 3. The summed E-state index contributed by atoms with van der Waals surface area (Å²) < 4.78 is 19.7. The Bertz CT molecular complexity index is 1180. The van der Waals surface area contributed by atoms with Gasteiger partial charge in [0.1, 0.15) is 5.82 Å². The topological polar surface area (TPSA) is 141 Å². The maximum atomic E-state index is 13.7. The van der Waals surface area contributed by atoms with Gasteiger partial charge in [-0.05, 0) is 113 Å². The van der Waals surface area contributed by atoms with Gasteiger partial charge in [-0.25, -0.2) is 14.2 Å². The van der Waals surface area contributed by atoms with E-state index in [0.717, 1.165) is 44.9 Å². The minimum Gasteiger partial charge on any atom is -0.356 e. The van der Waals surface area contributed by atoms with Crippen molar-refractivity contribution in [1.82, 2.24) is 16.0 Å². The van der Waals surface area contributed by atoms with E-state index < -0.39 is 16.7 Å². The molecule has 5 aliphatic rings. The summed E-state index contributed by atoms with van der Waals surface area (Å²) in [6.07, 6.45) is 8.51. The highest BCUT2D eigenvalue weighted by atomic mass is 19.1. The maximum absolute atomic E-state index is 13.7. The van der Waals surface area contributed by atoms with Crippen molar-refractivity contribution >= 4 is 17.7 Å². The van der Waals surface area contributed by atoms with Gasteiger partial charge in [0, 0.05) is 50.0 Å². The molecular formula is C34H51FN4O6. The third kappa shape index (κ3) is 9.24. The van der Waals surface area contributed by atoms with Gasteiger partial charge in [-0.1, -0.05) is 0 Å². The van der Waals surface area contributed by atoms with Crippen molar-refractivity contribution in [2.75, 3.05) is 32.8 Å². The fourth-order valence-corrected chi connectivity index (χ4v) is 7.94. The predicted octanol–water partition coefficient (Wildman–Crippen LogP) is 3.98. The average Bonchev–Trinajstić information content (AvgIpc) is 3.02. The van der Waals surface area contributed by atoms with Crippen LogP contribution in [0.1, 0.15) is 94.8 Å². The van der Waals surface area contributed by atoms with Crippen LogP contribution in [-0.2, 0) is 24.1 Å². The number of carbonyl (C=O) groups excluding carboxylic acids is 3. The number of carbonyl (C=O) groups is 3. The summed E-state index contributed by atoms with van der Waals surface area (Å²) in [6, 6.07) is 5.43. The van der Waals surface area contributed by atoms with Gasteiger partial charge in [0.25, 0.3) is 5.91 Å². The van der Waals surface area contributed by atoms with E-state index in [1.165, 1.54) is 24.3 Å². The van der Waals surface area contributed by atoms with Crippen LogP contribution in [-0.4, -0.2) is 61.9 Å². The molecule has 11 heteroatoms. The number of benzene rings is 1. The number of amides is 3. The summed E-state index contributed by atoms with van der Waals surface area (Å²) in [5, 5.41) is 8.95. The summed E-state index contributed by atoms with van der Waals surface area (Å²) in [7, 11) is 0. The van der Waals surface area contributed by atoms with E-state index in [-0.39, 0.29) is 41.3 Å². The van der Waals surface area contributed by atoms with Crippen LogP contribution in [0.4, 0.5) is 4.39 Å². The van der Waals surface area contributed by atoms with E-state index in [0.29, 0.717) is 70.0 Å². The van der Waals surface area contributed by atoms with Crippen LogP contribution in [0.3, 0.4) is 0 Å². The Labute approximate surface area is 266 Å². The first-order valence-electron chi connectivity index (χ1n) is 16.7. The zero-order valence-corrected chi connectivity index (χ0v) is 26.8. The minimum atomic E-state index is -0.818. The van der Waals surface area contributed by atoms with Crippen molar-refractivity contribution in [3.8, 4) is 0 Å². The molecule has 3 amide bonds. The van der Waals surface area contributed by atoms with Gasteiger partial charge in [0.2, 0.25) is 17.6 Å². The molecule has 250 valence electrons. The van der Waals surface area contributed by atoms with Gasteiger partial charge in [-0.2, -0.15) is 0 Å². The summed E-state index contributed by atoms with van der Waals surface area (Å²) in [5.74, 6) is -0.162. The number of halogens is 1. The van der Waals surface area contributed by atoms with Gasteiger partial charge >= 0.3 is 0 Å². The molecule has 1 spiro atoms. The SMILES string of the molecule is CC(C)(N)CNC(=O)CC1CCC2(CC1)OCC1CC3CC(COO2)CC(C(=O)NCCCNC(=O)c2ccc(F)cc2)(C1)C3. The third-order valence-corrected chi connectivity index (χ3v) is 10.1. The number of hydrogen-bond acceptors (Lipinski definition) is 7. The van der Waals surface area contributed by atoms with Gasteiger partial charge in [-0.3, -0.25) is 14.4 Å². The van der Waals surface area contributed by atoms with Crippen molar-refractivity contribution in [1.29, 1.82) is 0 Å². The van der Waals surface area contributed by atoms with Crippen molar-refractivity contribution in [3.63, 3.8) is 0 Å². The minimum absolute atomic E-state index is 0.0290. The Morgan fingerprint density at radius 1 is 0.933 bits per heavy atom. The summed E-state index contributed by atoms with van der Waals surface area (Å²) in [5.41, 5.74) is 5.51. The van der Waals surface area contributed by atoms with E-state index in [1.807, 2.05) is 13.8 Å². The Balaban J connectivity index is 1.11. The van der Waals surface area contributed by atoms with Crippen molar-refractivity contribution < 1.29 is 33.3 Å². The van der Waals surface area contributed by atoms with E-state index in [1.54, 1.807) is 0 Å². The highest BCUT2D eigenvalue weighted by Gasteiger charge is 2.52. The lowest BCUT2D eigenvalue weighted by molar-refractivity contribution is -0.440. The molecule has 0 aromatic heterocycles. The largest absolute Gasteiger partial charge is 0.356 e. The average molecular weight is 631 g/mol. The Morgan fingerprint density at radius 3 is 2.27 bits per heavy atom. The number of nitrogens with one attached hydrogen (secondary N) is 3. The zero-order chi connectivity index (χ0) is 32.1. The van der Waals surface area contributed by atoms with Crippen LogP contribution in [0, 0.1) is 34.9 Å². The molecule has 3 saturated carbocycles. The molecule has 4 bridgehead atoms. The lowest BCUT2D eigenvalue weighted by Crippen LogP contribution is -2.51. The van der Waals surface area contributed by atoms with E-state index in [4.69, 9.17) is 20.2 Å². The first-order valence-corrected chi connectivity index (χ1v) is 16.7. The molecule has 2 saturated heterocycles. The molecule has 45 heavy (non-hydrogen) atoms. The second-order valence-electron chi connectivity index (χ2n) is 14.8. The lowest BCUT2D eigenvalue weighted by Gasteiger charge is -2.49. The Kier molecular flexibility index (Phi) is 10.8. The molecule has 2 aliphatic heterocycles. The lowest BCUT2D eigenvalue weighted by atomic mass is 9.56. The van der Waals surface area contributed by atoms with Crippen LogP contribution < -0.4 is 21.7 Å². The Morgan fingerprint density at radius 2 is 1.58 bits per heavy atom. The number of nitrogens with two attached hydrogens (primary N) is 1. The van der Waals surface area contributed by atoms with Crippen LogP contribution in [0.15, 0.2) is 24.3 Å². The molecule has 3 aliphatic carbocycles. The van der Waals surface area contributed by atoms with Gasteiger partial charge in [-0.15, -0.1) is 0 Å². The third-order valence-electron chi connectivity index (χ3n) is 10.1. The molecule has 10 nitrogen and oxygen atoms in total. The fourth-order valence-electron chi connectivity index (χ4n) is 7.94. The number of hydrogen-bond donors (Lipinski definition) is 4. The molecular weight excluding hydrogens is 579 g/mol. The van der Waals surface area contributed by atoms with Gasteiger partial charge < -0.3 is 26.4 Å². The van der Waals surface area contributed by atoms with Gasteiger partial charge in [0.05, 0.1) is 18.6 Å². The standard InChI is InChI=1S/C34H51FN4O6/c1-32(2,36)22-39-29(40)16-23-8-10-34(11-9-23)43-20-25-14-24-15-26(21-44-45-34)19-33(17-24,18-25)31(42)38-13-3-12-37-30(41)27-4-6-28(35)7-5-27/h4-7,23-26H,3,8-22,36H2,1-2H3,(H,37,41)(H,38,42)(H,39,40). The zero-order valence-electron chi connectivity index (χ0n) is 26.8. The van der Waals surface area contributed by atoms with E-state index in [9.17, 15) is 18.8 Å². The number of rotatable bonds is 10. The van der Waals surface area contributed by atoms with Crippen LogP contribution in [0.25, 0.3) is 0 Å². The van der Waals surface area contributed by atoms with Crippen molar-refractivity contribution in [2.24, 2.45) is 34.8 Å². The van der Waals surface area contributed by atoms with Crippen LogP contribution >= 0.6 is 0 Å². The monoisotopic (exact) mass is 630 g/mol. The predicted molar refractivity (Wildman–Crippen MR) is 166 cm³/mol. The molecule has 0 radical (unpaired) electrons. The highest BCUT2D eigenvalue weighted by molar-refractivity contribution is 5.94. The Hall–Kier alpha value is -2.60. The smallest absolute Gasteiger partial charge is 0.251 e. The first kappa shape index (κ1) is 33.8. The maximum Gasteiger partial charge on any atom is 0.251 e. The molecule has 1 aromatic carbocycles. The normalized spacial score (nSPS) is 31.6. The van der Waals surface area contributed by atoms with Crippen LogP contribution in [0.5, 0.6) is 0 Å². The second kappa shape index (κ2) is 14.4. The van der Waals surface area contributed by atoms with Gasteiger partial charge in [0.15, 0.2) is 0 Å². The second-order valence-corrected chi connectivity index (χ2v) is 14.8. The summed E-state index contributed by atoms with van der Waals surface area (Å²) in [6.45, 7) is 6.06. The van der Waals surface area contributed by atoms with Crippen LogP contribution in [0.2, 0.25) is 0 Å².